The molecule has 6 heteroatoms. The Morgan fingerprint density at radius 1 is 1.56 bits per heavy atom. The molecule has 18 heavy (non-hydrogen) atoms. The maximum absolute atomic E-state index is 12.4. The Morgan fingerprint density at radius 2 is 2.28 bits per heavy atom. The summed E-state index contributed by atoms with van der Waals surface area (Å²) in [6.45, 7) is 2.74. The summed E-state index contributed by atoms with van der Waals surface area (Å²) in [6.07, 6.45) is 0. The van der Waals surface area contributed by atoms with Crippen LogP contribution in [0, 0.1) is 0 Å². The number of thiol groups is 1. The first-order valence-electron chi connectivity index (χ1n) is 5.58. The van der Waals surface area contributed by atoms with E-state index in [1.807, 2.05) is 0 Å². The zero-order valence-corrected chi connectivity index (χ0v) is 12.3. The van der Waals surface area contributed by atoms with Gasteiger partial charge in [0.2, 0.25) is 5.91 Å². The van der Waals surface area contributed by atoms with Gasteiger partial charge in [-0.3, -0.25) is 9.59 Å². The van der Waals surface area contributed by atoms with Crippen LogP contribution >= 0.6 is 28.6 Å². The van der Waals surface area contributed by atoms with Crippen molar-refractivity contribution in [3.8, 4) is 0 Å². The van der Waals surface area contributed by atoms with Crippen molar-refractivity contribution in [1.82, 2.24) is 10.2 Å². The van der Waals surface area contributed by atoms with Crippen LogP contribution in [-0.2, 0) is 4.79 Å². The topological polar surface area (TPSA) is 49.4 Å². The molecule has 1 fully saturated rings. The number of nitrogens with one attached hydrogen (secondary N) is 1. The summed E-state index contributed by atoms with van der Waals surface area (Å²) >= 11 is 7.63. The van der Waals surface area contributed by atoms with Gasteiger partial charge in [0.1, 0.15) is 6.04 Å². The predicted molar refractivity (Wildman–Crippen MR) is 74.9 cm³/mol. The number of nitrogens with zero attached hydrogens (tertiary/aromatic N) is 1. The third-order valence-electron chi connectivity index (χ3n) is 2.95. The molecule has 1 N–H and O–H groups in total. The lowest BCUT2D eigenvalue weighted by molar-refractivity contribution is -0.127. The number of carbonyl (C=O) groups is 2. The van der Waals surface area contributed by atoms with Crippen molar-refractivity contribution in [2.24, 2.45) is 0 Å². The van der Waals surface area contributed by atoms with Crippen molar-refractivity contribution >= 4 is 40.4 Å². The van der Waals surface area contributed by atoms with Gasteiger partial charge in [0, 0.05) is 22.5 Å². The molecule has 96 valence electrons. The second-order valence-corrected chi connectivity index (χ2v) is 5.52. The summed E-state index contributed by atoms with van der Waals surface area (Å²) in [7, 11) is 0. The average molecular weight is 329 g/mol. The van der Waals surface area contributed by atoms with E-state index in [2.05, 4.69) is 33.9 Å². The first-order valence-corrected chi connectivity index (χ1v) is 6.82. The van der Waals surface area contributed by atoms with Gasteiger partial charge in [0.15, 0.2) is 0 Å². The summed E-state index contributed by atoms with van der Waals surface area (Å²) < 4.78 is 0.869. The fraction of sp³-hybridized carbons (Fsp3) is 0.333. The number of amides is 2. The Kier molecular flexibility index (Phi) is 3.97. The molecule has 2 amide bonds. The van der Waals surface area contributed by atoms with Crippen LogP contribution in [0.4, 0.5) is 0 Å². The lowest BCUT2D eigenvalue weighted by Gasteiger charge is -2.33. The third-order valence-corrected chi connectivity index (χ3v) is 3.81. The van der Waals surface area contributed by atoms with Gasteiger partial charge in [-0.05, 0) is 25.1 Å². The Labute approximate surface area is 119 Å². The highest BCUT2D eigenvalue weighted by atomic mass is 79.9. The Hall–Kier alpha value is -1.01. The van der Waals surface area contributed by atoms with Gasteiger partial charge in [-0.2, -0.15) is 0 Å². The van der Waals surface area contributed by atoms with Gasteiger partial charge >= 0.3 is 0 Å². The number of carbonyl (C=O) groups excluding carboxylic acids is 2. The number of hydrogen-bond acceptors (Lipinski definition) is 3. The molecule has 0 radical (unpaired) electrons. The van der Waals surface area contributed by atoms with Crippen LogP contribution in [-0.4, -0.2) is 35.8 Å². The average Bonchev–Trinajstić information content (AvgIpc) is 2.32. The molecule has 1 aliphatic rings. The first-order chi connectivity index (χ1) is 8.50. The number of benzene rings is 1. The van der Waals surface area contributed by atoms with Gasteiger partial charge in [0.25, 0.3) is 5.91 Å². The van der Waals surface area contributed by atoms with E-state index in [1.165, 1.54) is 0 Å². The van der Waals surface area contributed by atoms with Gasteiger partial charge in [0.05, 0.1) is 5.56 Å². The molecular formula is C12H13BrN2O2S. The van der Waals surface area contributed by atoms with Gasteiger partial charge < -0.3 is 10.2 Å². The van der Waals surface area contributed by atoms with Crippen LogP contribution in [0.3, 0.4) is 0 Å². The molecule has 2 rings (SSSR count). The third kappa shape index (κ3) is 2.54. The highest BCUT2D eigenvalue weighted by Crippen LogP contribution is 2.22. The normalized spacial score (nSPS) is 19.6. The minimum absolute atomic E-state index is 0.118. The maximum atomic E-state index is 12.4. The zero-order chi connectivity index (χ0) is 13.3. The standard InChI is InChI=1S/C12H13BrN2O2S/c1-7-11(16)14-4-5-15(7)12(17)9-3-2-8(13)6-10(9)18/h2-3,6-7,18H,4-5H2,1H3,(H,14,16). The molecule has 1 aliphatic heterocycles. The van der Waals surface area contributed by atoms with Gasteiger partial charge in [-0.25, -0.2) is 0 Å². The van der Waals surface area contributed by atoms with Crippen molar-refractivity contribution in [2.75, 3.05) is 13.1 Å². The fourth-order valence-corrected chi connectivity index (χ4v) is 2.75. The smallest absolute Gasteiger partial charge is 0.255 e. The van der Waals surface area contributed by atoms with E-state index in [0.717, 1.165) is 4.47 Å². The molecule has 0 spiro atoms. The van der Waals surface area contributed by atoms with Crippen LogP contribution in [0.1, 0.15) is 17.3 Å². The van der Waals surface area contributed by atoms with E-state index >= 15 is 0 Å². The second kappa shape index (κ2) is 5.32. The molecular weight excluding hydrogens is 316 g/mol. The molecule has 1 saturated heterocycles. The van der Waals surface area contributed by atoms with Crippen molar-refractivity contribution in [3.63, 3.8) is 0 Å². The van der Waals surface area contributed by atoms with E-state index in [4.69, 9.17) is 0 Å². The highest BCUT2D eigenvalue weighted by Gasteiger charge is 2.30. The summed E-state index contributed by atoms with van der Waals surface area (Å²) in [5, 5.41) is 2.73. The number of halogens is 1. The highest BCUT2D eigenvalue weighted by molar-refractivity contribution is 9.10. The van der Waals surface area contributed by atoms with Crippen molar-refractivity contribution in [2.45, 2.75) is 17.9 Å². The fourth-order valence-electron chi connectivity index (χ4n) is 1.90. The van der Waals surface area contributed by atoms with Crippen LogP contribution < -0.4 is 5.32 Å². The van der Waals surface area contributed by atoms with E-state index in [0.29, 0.717) is 23.5 Å². The van der Waals surface area contributed by atoms with E-state index in [9.17, 15) is 9.59 Å². The van der Waals surface area contributed by atoms with Crippen molar-refractivity contribution < 1.29 is 9.59 Å². The molecule has 1 heterocycles. The van der Waals surface area contributed by atoms with E-state index in [1.54, 1.807) is 30.0 Å². The Balaban J connectivity index is 2.28. The molecule has 0 aromatic heterocycles. The molecule has 1 aromatic rings. The molecule has 1 aromatic carbocycles. The van der Waals surface area contributed by atoms with Crippen LogP contribution in [0.5, 0.6) is 0 Å². The van der Waals surface area contributed by atoms with Crippen LogP contribution in [0.2, 0.25) is 0 Å². The van der Waals surface area contributed by atoms with Gasteiger partial charge in [-0.1, -0.05) is 15.9 Å². The lowest BCUT2D eigenvalue weighted by Crippen LogP contribution is -2.55. The van der Waals surface area contributed by atoms with Crippen LogP contribution in [0.15, 0.2) is 27.6 Å². The van der Waals surface area contributed by atoms with Crippen LogP contribution in [0.25, 0.3) is 0 Å². The minimum Gasteiger partial charge on any atom is -0.353 e. The summed E-state index contributed by atoms with van der Waals surface area (Å²) in [5.41, 5.74) is 0.517. The first kappa shape index (κ1) is 13.4. The number of piperazine rings is 1. The molecule has 1 unspecified atom stereocenters. The summed E-state index contributed by atoms with van der Waals surface area (Å²) in [5.74, 6) is -0.276. The number of rotatable bonds is 1. The van der Waals surface area contributed by atoms with E-state index < -0.39 is 6.04 Å². The zero-order valence-electron chi connectivity index (χ0n) is 9.81. The largest absolute Gasteiger partial charge is 0.353 e. The van der Waals surface area contributed by atoms with Crippen molar-refractivity contribution in [1.29, 1.82) is 0 Å². The molecule has 1 atom stereocenters. The quantitative estimate of drug-likeness (QED) is 0.771. The SMILES string of the molecule is CC1C(=O)NCCN1C(=O)c1ccc(Br)cc1S. The Morgan fingerprint density at radius 3 is 2.94 bits per heavy atom. The van der Waals surface area contributed by atoms with Crippen molar-refractivity contribution in [3.05, 3.63) is 28.2 Å². The molecule has 4 nitrogen and oxygen atoms in total. The molecule has 0 aliphatic carbocycles. The molecule has 0 saturated carbocycles. The monoisotopic (exact) mass is 328 g/mol. The number of hydrogen-bond donors (Lipinski definition) is 2. The lowest BCUT2D eigenvalue weighted by atomic mass is 10.1. The van der Waals surface area contributed by atoms with E-state index in [-0.39, 0.29) is 11.8 Å². The van der Waals surface area contributed by atoms with Gasteiger partial charge in [-0.15, -0.1) is 12.6 Å². The minimum atomic E-state index is -0.442. The second-order valence-electron chi connectivity index (χ2n) is 4.13. The summed E-state index contributed by atoms with van der Waals surface area (Å²) in [4.78, 5) is 26.1. The maximum Gasteiger partial charge on any atom is 0.255 e. The predicted octanol–water partition coefficient (Wildman–Crippen LogP) is 1.70. The Bertz CT molecular complexity index is 507. The molecule has 0 bridgehead atoms. The summed E-state index contributed by atoms with van der Waals surface area (Å²) in [6, 6.07) is 4.84.